The normalized spacial score (nSPS) is 15.2. The lowest BCUT2D eigenvalue weighted by Crippen LogP contribution is -2.48. The first-order chi connectivity index (χ1) is 11.1. The Morgan fingerprint density at radius 2 is 1.62 bits per heavy atom. The fraction of sp³-hybridized carbons (Fsp3) is 0.650. The highest BCUT2D eigenvalue weighted by Gasteiger charge is 2.50. The van der Waals surface area contributed by atoms with Gasteiger partial charge in [-0.25, -0.2) is 0 Å². The van der Waals surface area contributed by atoms with Crippen molar-refractivity contribution >= 4 is 14.0 Å². The number of esters is 1. The molecule has 1 rings (SSSR count). The maximum absolute atomic E-state index is 13.0. The van der Waals surface area contributed by atoms with Gasteiger partial charge in [0.25, 0.3) is 0 Å². The van der Waals surface area contributed by atoms with Gasteiger partial charge in [-0.3, -0.25) is 4.79 Å². The molecule has 2 unspecified atom stereocenters. The van der Waals surface area contributed by atoms with E-state index in [1.165, 1.54) is 0 Å². The molecule has 1 aromatic carbocycles. The molecule has 4 heteroatoms. The molecule has 0 spiro atoms. The largest absolute Gasteiger partial charge is 0.462 e. The second-order valence-corrected chi connectivity index (χ2v) is 13.7. The monoisotopic (exact) mass is 350 g/mol. The van der Waals surface area contributed by atoms with Crippen molar-refractivity contribution in [2.45, 2.75) is 83.3 Å². The fourth-order valence-electron chi connectivity index (χ4n) is 2.82. The van der Waals surface area contributed by atoms with Crippen molar-refractivity contribution in [2.75, 3.05) is 0 Å². The minimum absolute atomic E-state index is 0.0274. The predicted octanol–water partition coefficient (Wildman–Crippen LogP) is 5.33. The summed E-state index contributed by atoms with van der Waals surface area (Å²) in [6.07, 6.45) is 0.698. The molecule has 0 aliphatic carbocycles. The van der Waals surface area contributed by atoms with E-state index >= 15 is 0 Å². The van der Waals surface area contributed by atoms with Crippen LogP contribution in [0.5, 0.6) is 0 Å². The first-order valence-corrected chi connectivity index (χ1v) is 12.1. The summed E-state index contributed by atoms with van der Waals surface area (Å²) in [4.78, 5) is 13.0. The Balaban J connectivity index is 3.24. The summed E-state index contributed by atoms with van der Waals surface area (Å²) in [7, 11) is -2.16. The molecule has 0 saturated heterocycles. The van der Waals surface area contributed by atoms with Crippen LogP contribution in [-0.4, -0.2) is 25.3 Å². The molecule has 0 radical (unpaired) electrons. The zero-order chi connectivity index (χ0) is 18.5. The third-order valence-electron chi connectivity index (χ3n) is 5.61. The van der Waals surface area contributed by atoms with Crippen molar-refractivity contribution in [3.05, 3.63) is 35.9 Å². The molecule has 24 heavy (non-hydrogen) atoms. The summed E-state index contributed by atoms with van der Waals surface area (Å²) in [5, 5.41) is 11.0. The van der Waals surface area contributed by atoms with Crippen LogP contribution in [0.4, 0.5) is 0 Å². The van der Waals surface area contributed by atoms with Gasteiger partial charge in [0.15, 0.2) is 0 Å². The molecule has 0 aliphatic rings. The standard InChI is InChI=1S/C20H34O3Si/c1-8-16(9-2)23-19(22)18(24(6,7)20(3,4)5)17(21)15-13-11-10-12-14-15/h10-14,16-18,21H,8-9H2,1-7H3. The third kappa shape index (κ3) is 4.70. The number of ether oxygens (including phenoxy) is 1. The number of hydrogen-bond acceptors (Lipinski definition) is 3. The maximum atomic E-state index is 13.0. The number of carbonyl (C=O) groups is 1. The highest BCUT2D eigenvalue weighted by atomic mass is 28.3. The van der Waals surface area contributed by atoms with Gasteiger partial charge in [-0.2, -0.15) is 0 Å². The van der Waals surface area contributed by atoms with E-state index in [0.29, 0.717) is 0 Å². The highest BCUT2D eigenvalue weighted by Crippen LogP contribution is 2.49. The number of hydrogen-bond donors (Lipinski definition) is 1. The van der Waals surface area contributed by atoms with Crippen LogP contribution in [-0.2, 0) is 9.53 Å². The Labute approximate surface area is 148 Å². The van der Waals surface area contributed by atoms with Crippen molar-refractivity contribution in [2.24, 2.45) is 0 Å². The molecule has 0 saturated carbocycles. The van der Waals surface area contributed by atoms with Crippen LogP contribution in [0, 0.1) is 0 Å². The van der Waals surface area contributed by atoms with Crippen LogP contribution in [0.1, 0.15) is 59.1 Å². The quantitative estimate of drug-likeness (QED) is 0.534. The van der Waals surface area contributed by atoms with Gasteiger partial charge >= 0.3 is 5.97 Å². The Kier molecular flexibility index (Phi) is 7.23. The van der Waals surface area contributed by atoms with E-state index in [0.717, 1.165) is 18.4 Å². The van der Waals surface area contributed by atoms with Gasteiger partial charge in [-0.15, -0.1) is 0 Å². The topological polar surface area (TPSA) is 46.5 Å². The van der Waals surface area contributed by atoms with Crippen molar-refractivity contribution in [1.82, 2.24) is 0 Å². The summed E-state index contributed by atoms with van der Waals surface area (Å²) >= 11 is 0. The number of carbonyl (C=O) groups excluding carboxylic acids is 1. The maximum Gasteiger partial charge on any atom is 0.309 e. The zero-order valence-electron chi connectivity index (χ0n) is 16.3. The summed E-state index contributed by atoms with van der Waals surface area (Å²) in [5.41, 5.74) is 0.300. The molecule has 1 aromatic rings. The summed E-state index contributed by atoms with van der Waals surface area (Å²) < 4.78 is 5.77. The number of aliphatic hydroxyl groups is 1. The van der Waals surface area contributed by atoms with Crippen molar-refractivity contribution in [3.63, 3.8) is 0 Å². The smallest absolute Gasteiger partial charge is 0.309 e. The molecule has 3 nitrogen and oxygen atoms in total. The molecule has 0 heterocycles. The van der Waals surface area contributed by atoms with E-state index in [2.05, 4.69) is 33.9 Å². The zero-order valence-corrected chi connectivity index (χ0v) is 17.3. The average Bonchev–Trinajstić information content (AvgIpc) is 2.52. The van der Waals surface area contributed by atoms with E-state index in [9.17, 15) is 9.90 Å². The Morgan fingerprint density at radius 3 is 2.04 bits per heavy atom. The van der Waals surface area contributed by atoms with E-state index in [1.54, 1.807) is 0 Å². The molecule has 2 atom stereocenters. The Morgan fingerprint density at radius 1 is 1.12 bits per heavy atom. The lowest BCUT2D eigenvalue weighted by atomic mass is 10.1. The molecule has 0 bridgehead atoms. The first kappa shape index (κ1) is 20.9. The van der Waals surface area contributed by atoms with Gasteiger partial charge in [-0.05, 0) is 23.4 Å². The van der Waals surface area contributed by atoms with Crippen LogP contribution in [0.2, 0.25) is 23.7 Å². The molecular weight excluding hydrogens is 316 g/mol. The van der Waals surface area contributed by atoms with Gasteiger partial charge in [0.2, 0.25) is 0 Å². The van der Waals surface area contributed by atoms with Crippen molar-refractivity contribution < 1.29 is 14.6 Å². The third-order valence-corrected chi connectivity index (χ3v) is 11.6. The van der Waals surface area contributed by atoms with E-state index in [4.69, 9.17) is 4.74 Å². The Bertz CT molecular complexity index is 515. The minimum atomic E-state index is -2.16. The van der Waals surface area contributed by atoms with E-state index < -0.39 is 19.7 Å². The highest BCUT2D eigenvalue weighted by molar-refractivity contribution is 6.84. The molecular formula is C20H34O3Si. The van der Waals surface area contributed by atoms with Gasteiger partial charge in [0, 0.05) is 0 Å². The lowest BCUT2D eigenvalue weighted by molar-refractivity contribution is -0.152. The van der Waals surface area contributed by atoms with Crippen molar-refractivity contribution in [1.29, 1.82) is 0 Å². The van der Waals surface area contributed by atoms with E-state index in [1.807, 2.05) is 44.2 Å². The summed E-state index contributed by atoms with van der Waals surface area (Å²) in [5.74, 6) is -0.244. The summed E-state index contributed by atoms with van der Waals surface area (Å²) in [6, 6.07) is 9.48. The second kappa shape index (κ2) is 8.30. The van der Waals surface area contributed by atoms with Crippen LogP contribution in [0.3, 0.4) is 0 Å². The number of aliphatic hydroxyl groups excluding tert-OH is 1. The van der Waals surface area contributed by atoms with Crippen LogP contribution in [0.25, 0.3) is 0 Å². The second-order valence-electron chi connectivity index (χ2n) is 8.18. The molecule has 1 N–H and O–H groups in total. The molecule has 0 amide bonds. The van der Waals surface area contributed by atoms with Gasteiger partial charge in [0.05, 0.1) is 19.7 Å². The van der Waals surface area contributed by atoms with Crippen LogP contribution >= 0.6 is 0 Å². The Hall–Kier alpha value is -1.13. The fourth-order valence-corrected chi connectivity index (χ4v) is 5.39. The molecule has 0 aliphatic heterocycles. The lowest BCUT2D eigenvalue weighted by Gasteiger charge is -2.44. The van der Waals surface area contributed by atoms with Gasteiger partial charge < -0.3 is 9.84 Å². The van der Waals surface area contributed by atoms with Crippen molar-refractivity contribution in [3.8, 4) is 0 Å². The van der Waals surface area contributed by atoms with Gasteiger partial charge in [-0.1, -0.05) is 78.0 Å². The molecule has 0 aromatic heterocycles. The first-order valence-electron chi connectivity index (χ1n) is 8.99. The SMILES string of the molecule is CCC(CC)OC(=O)C(C(O)c1ccccc1)[Si](C)(C)C(C)(C)C. The summed E-state index contributed by atoms with van der Waals surface area (Å²) in [6.45, 7) is 14.9. The predicted molar refractivity (Wildman–Crippen MR) is 103 cm³/mol. The number of benzene rings is 1. The molecule has 136 valence electrons. The van der Waals surface area contributed by atoms with Crippen LogP contribution < -0.4 is 0 Å². The van der Waals surface area contributed by atoms with E-state index in [-0.39, 0.29) is 17.1 Å². The average molecular weight is 351 g/mol. The van der Waals surface area contributed by atoms with Gasteiger partial charge in [0.1, 0.15) is 6.10 Å². The minimum Gasteiger partial charge on any atom is -0.462 e. The number of rotatable bonds is 7. The van der Waals surface area contributed by atoms with Crippen LogP contribution in [0.15, 0.2) is 30.3 Å². The molecule has 0 fully saturated rings.